The van der Waals surface area contributed by atoms with Crippen molar-refractivity contribution < 1.29 is 18.4 Å². The summed E-state index contributed by atoms with van der Waals surface area (Å²) in [5, 5.41) is 2.67. The van der Waals surface area contributed by atoms with Gasteiger partial charge in [0.25, 0.3) is 11.8 Å². The number of rotatable bonds is 5. The van der Waals surface area contributed by atoms with Crippen LogP contribution in [0.5, 0.6) is 0 Å². The second-order valence-corrected chi connectivity index (χ2v) is 5.91. The third-order valence-electron chi connectivity index (χ3n) is 3.62. The monoisotopic (exact) mass is 375 g/mol. The Labute approximate surface area is 155 Å². The van der Waals surface area contributed by atoms with Gasteiger partial charge in [-0.05, 0) is 42.3 Å². The average Bonchev–Trinajstić information content (AvgIpc) is 2.61. The van der Waals surface area contributed by atoms with E-state index < -0.39 is 23.4 Å². The number of nitrogens with one attached hydrogen (secondary N) is 1. The summed E-state index contributed by atoms with van der Waals surface area (Å²) in [6, 6.07) is 9.32. The largest absolute Gasteiger partial charge is 0.288 e. The number of carbonyl (C=O) groups is 2. The summed E-state index contributed by atoms with van der Waals surface area (Å²) < 4.78 is 27.4. The fourth-order valence-electron chi connectivity index (χ4n) is 2.12. The first-order valence-electron chi connectivity index (χ1n) is 7.78. The van der Waals surface area contributed by atoms with E-state index in [0.717, 1.165) is 12.1 Å². The van der Waals surface area contributed by atoms with Crippen molar-refractivity contribution in [3.63, 3.8) is 0 Å². The summed E-state index contributed by atoms with van der Waals surface area (Å²) in [7, 11) is 0. The van der Waals surface area contributed by atoms with Crippen LogP contribution in [0.1, 0.15) is 24.5 Å². The molecule has 2 aromatic carbocycles. The van der Waals surface area contributed by atoms with Crippen LogP contribution in [0.4, 0.5) is 8.78 Å². The van der Waals surface area contributed by atoms with Gasteiger partial charge in [0.15, 0.2) is 0 Å². The Morgan fingerprint density at radius 2 is 1.77 bits per heavy atom. The minimum atomic E-state index is -0.915. The third-order valence-corrected chi connectivity index (χ3v) is 3.87. The summed E-state index contributed by atoms with van der Waals surface area (Å²) in [5.74, 6) is -3.15. The molecular formula is C20H16ClF2NO2. The molecule has 0 aliphatic carbocycles. The lowest BCUT2D eigenvalue weighted by atomic mass is 10.0. The van der Waals surface area contributed by atoms with Crippen LogP contribution in [0.25, 0.3) is 11.6 Å². The Balaban J connectivity index is 2.47. The van der Waals surface area contributed by atoms with Gasteiger partial charge in [0.05, 0.1) is 5.57 Å². The molecule has 0 aromatic heterocycles. The van der Waals surface area contributed by atoms with Crippen molar-refractivity contribution in [2.75, 3.05) is 0 Å². The van der Waals surface area contributed by atoms with Crippen LogP contribution in [-0.4, -0.2) is 11.8 Å². The molecule has 0 heterocycles. The zero-order valence-corrected chi connectivity index (χ0v) is 14.7. The molecule has 2 amide bonds. The normalized spacial score (nSPS) is 11.2. The van der Waals surface area contributed by atoms with E-state index in [2.05, 4.69) is 11.9 Å². The van der Waals surface area contributed by atoms with Gasteiger partial charge >= 0.3 is 0 Å². The molecule has 0 aliphatic heterocycles. The van der Waals surface area contributed by atoms with Crippen LogP contribution in [-0.2, 0) is 9.59 Å². The van der Waals surface area contributed by atoms with Crippen molar-refractivity contribution in [1.29, 1.82) is 0 Å². The van der Waals surface area contributed by atoms with E-state index in [9.17, 15) is 18.4 Å². The minimum absolute atomic E-state index is 0.123. The summed E-state index contributed by atoms with van der Waals surface area (Å²) in [6.45, 7) is 5.28. The van der Waals surface area contributed by atoms with Gasteiger partial charge in [-0.3, -0.25) is 14.9 Å². The van der Waals surface area contributed by atoms with Crippen molar-refractivity contribution >= 4 is 35.1 Å². The van der Waals surface area contributed by atoms with Crippen LogP contribution in [0.15, 0.2) is 54.6 Å². The van der Waals surface area contributed by atoms with Crippen molar-refractivity contribution in [2.45, 2.75) is 13.3 Å². The SMILES string of the molecule is C=C(CC)C(=O)NC(=O)/C(=C/c1ccc(Cl)cc1)c1ccc(F)cc1F. The molecule has 0 fully saturated rings. The number of halogens is 3. The Hall–Kier alpha value is -2.79. The van der Waals surface area contributed by atoms with Gasteiger partial charge in [-0.1, -0.05) is 37.2 Å². The van der Waals surface area contributed by atoms with Gasteiger partial charge in [0, 0.05) is 22.2 Å². The molecule has 6 heteroatoms. The molecule has 3 nitrogen and oxygen atoms in total. The molecule has 0 saturated heterocycles. The summed E-state index contributed by atoms with van der Waals surface area (Å²) >= 11 is 5.83. The maximum atomic E-state index is 14.2. The number of hydrogen-bond donors (Lipinski definition) is 1. The lowest BCUT2D eigenvalue weighted by Crippen LogP contribution is -2.32. The van der Waals surface area contributed by atoms with Crippen molar-refractivity contribution in [3.05, 3.63) is 82.4 Å². The highest BCUT2D eigenvalue weighted by Crippen LogP contribution is 2.23. The predicted octanol–water partition coefficient (Wildman–Crippen LogP) is 4.77. The van der Waals surface area contributed by atoms with E-state index in [0.29, 0.717) is 23.1 Å². The topological polar surface area (TPSA) is 46.2 Å². The van der Waals surface area contributed by atoms with Crippen molar-refractivity contribution in [3.8, 4) is 0 Å². The maximum Gasteiger partial charge on any atom is 0.258 e. The molecule has 0 unspecified atom stereocenters. The van der Waals surface area contributed by atoms with Crippen LogP contribution in [0.3, 0.4) is 0 Å². The minimum Gasteiger partial charge on any atom is -0.288 e. The standard InChI is InChI=1S/C20H16ClF2NO2/c1-3-12(2)19(25)24-20(26)17(10-13-4-6-14(21)7-5-13)16-9-8-15(22)11-18(16)23/h4-11H,2-3H2,1H3,(H,24,25,26)/b17-10+. The van der Waals surface area contributed by atoms with Gasteiger partial charge in [-0.25, -0.2) is 8.78 Å². The highest BCUT2D eigenvalue weighted by Gasteiger charge is 2.19. The van der Waals surface area contributed by atoms with Crippen LogP contribution < -0.4 is 5.32 Å². The smallest absolute Gasteiger partial charge is 0.258 e. The Kier molecular flexibility index (Phi) is 6.41. The molecule has 26 heavy (non-hydrogen) atoms. The van der Waals surface area contributed by atoms with E-state index in [4.69, 9.17) is 11.6 Å². The Morgan fingerprint density at radius 3 is 2.35 bits per heavy atom. The number of imide groups is 1. The molecule has 0 aliphatic rings. The van der Waals surface area contributed by atoms with Crippen molar-refractivity contribution in [2.24, 2.45) is 0 Å². The van der Waals surface area contributed by atoms with Gasteiger partial charge < -0.3 is 0 Å². The Bertz CT molecular complexity index is 889. The summed E-state index contributed by atoms with van der Waals surface area (Å²) in [6.07, 6.45) is 1.75. The van der Waals surface area contributed by atoms with E-state index >= 15 is 0 Å². The average molecular weight is 376 g/mol. The highest BCUT2D eigenvalue weighted by molar-refractivity contribution is 6.31. The molecule has 134 valence electrons. The second-order valence-electron chi connectivity index (χ2n) is 5.47. The van der Waals surface area contributed by atoms with Crippen molar-refractivity contribution in [1.82, 2.24) is 5.32 Å². The summed E-state index contributed by atoms with van der Waals surface area (Å²) in [5.41, 5.74) is 0.518. The van der Waals surface area contributed by atoms with E-state index in [-0.39, 0.29) is 16.7 Å². The predicted molar refractivity (Wildman–Crippen MR) is 98.3 cm³/mol. The first kappa shape index (κ1) is 19.5. The zero-order chi connectivity index (χ0) is 19.3. The third kappa shape index (κ3) is 4.86. The van der Waals surface area contributed by atoms with E-state index in [1.54, 1.807) is 31.2 Å². The molecule has 0 saturated carbocycles. The molecule has 0 atom stereocenters. The summed E-state index contributed by atoms with van der Waals surface area (Å²) in [4.78, 5) is 24.5. The maximum absolute atomic E-state index is 14.2. The Morgan fingerprint density at radius 1 is 1.12 bits per heavy atom. The van der Waals surface area contributed by atoms with E-state index in [1.807, 2.05) is 0 Å². The number of hydrogen-bond acceptors (Lipinski definition) is 2. The number of carbonyl (C=O) groups excluding carboxylic acids is 2. The molecule has 2 aromatic rings. The lowest BCUT2D eigenvalue weighted by Gasteiger charge is -2.11. The fraction of sp³-hybridized carbons (Fsp3) is 0.100. The van der Waals surface area contributed by atoms with Gasteiger partial charge in [-0.15, -0.1) is 0 Å². The first-order chi connectivity index (χ1) is 12.3. The highest BCUT2D eigenvalue weighted by atomic mass is 35.5. The van der Waals surface area contributed by atoms with Gasteiger partial charge in [0.2, 0.25) is 0 Å². The van der Waals surface area contributed by atoms with Gasteiger partial charge in [-0.2, -0.15) is 0 Å². The van der Waals surface area contributed by atoms with Crippen LogP contribution >= 0.6 is 11.6 Å². The van der Waals surface area contributed by atoms with E-state index in [1.165, 1.54) is 6.08 Å². The van der Waals surface area contributed by atoms with Crippen LogP contribution in [0, 0.1) is 11.6 Å². The number of amides is 2. The fourth-order valence-corrected chi connectivity index (χ4v) is 2.24. The quantitative estimate of drug-likeness (QED) is 0.604. The molecule has 0 spiro atoms. The van der Waals surface area contributed by atoms with Gasteiger partial charge in [0.1, 0.15) is 11.6 Å². The molecule has 2 rings (SSSR count). The molecular weight excluding hydrogens is 360 g/mol. The second kappa shape index (κ2) is 8.54. The zero-order valence-electron chi connectivity index (χ0n) is 14.0. The number of benzene rings is 2. The lowest BCUT2D eigenvalue weighted by molar-refractivity contribution is -0.125. The first-order valence-corrected chi connectivity index (χ1v) is 8.15. The van der Waals surface area contributed by atoms with Crippen LogP contribution in [0.2, 0.25) is 5.02 Å². The molecule has 1 N–H and O–H groups in total. The molecule has 0 bridgehead atoms. The molecule has 0 radical (unpaired) electrons.